The van der Waals surface area contributed by atoms with Gasteiger partial charge in [-0.3, -0.25) is 0 Å². The highest BCUT2D eigenvalue weighted by atomic mass is 16.6. The number of allylic oxidation sites excluding steroid dienone is 6. The molecule has 0 bridgehead atoms. The minimum atomic E-state index is -0.0764. The van der Waals surface area contributed by atoms with Gasteiger partial charge in [0, 0.05) is 0 Å². The highest BCUT2D eigenvalue weighted by molar-refractivity contribution is 5.06. The van der Waals surface area contributed by atoms with E-state index in [9.17, 15) is 0 Å². The Kier molecular flexibility index (Phi) is 8.13. The lowest BCUT2D eigenvalue weighted by Gasteiger charge is -2.04. The molecule has 0 aromatic carbocycles. The molecule has 0 radical (unpaired) electrons. The molecule has 2 unspecified atom stereocenters. The summed E-state index contributed by atoms with van der Waals surface area (Å²) in [5.41, 5.74) is 4.28. The third kappa shape index (κ3) is 7.42. The van der Waals surface area contributed by atoms with E-state index in [4.69, 9.17) is 9.84 Å². The van der Waals surface area contributed by atoms with Crippen LogP contribution in [0.5, 0.6) is 0 Å². The van der Waals surface area contributed by atoms with Crippen molar-refractivity contribution >= 4 is 0 Å². The highest BCUT2D eigenvalue weighted by Crippen LogP contribution is 2.39. The van der Waals surface area contributed by atoms with E-state index in [1.54, 1.807) is 0 Å². The molecule has 22 heavy (non-hydrogen) atoms. The zero-order valence-corrected chi connectivity index (χ0v) is 15.1. The van der Waals surface area contributed by atoms with E-state index in [0.29, 0.717) is 0 Å². The molecule has 126 valence electrons. The number of rotatable bonds is 10. The van der Waals surface area contributed by atoms with Crippen LogP contribution in [0, 0.1) is 0 Å². The van der Waals surface area contributed by atoms with Crippen molar-refractivity contribution in [3.05, 3.63) is 34.9 Å². The summed E-state index contributed by atoms with van der Waals surface area (Å²) in [7, 11) is 0. The van der Waals surface area contributed by atoms with E-state index in [1.807, 2.05) is 0 Å². The molecular weight excluding hydrogens is 272 g/mol. The summed E-state index contributed by atoms with van der Waals surface area (Å²) in [5, 5.41) is 9.06. The lowest BCUT2D eigenvalue weighted by molar-refractivity contribution is 0.235. The SMILES string of the molecule is CC(C)=CCCC(C)=CCCC(C)=CCCC1(C)OC1CO. The molecule has 0 aromatic rings. The summed E-state index contributed by atoms with van der Waals surface area (Å²) in [4.78, 5) is 0. The minimum Gasteiger partial charge on any atom is -0.394 e. The topological polar surface area (TPSA) is 32.8 Å². The lowest BCUT2D eigenvalue weighted by Crippen LogP contribution is -2.11. The Balaban J connectivity index is 2.18. The Morgan fingerprint density at radius 3 is 2.00 bits per heavy atom. The van der Waals surface area contributed by atoms with Gasteiger partial charge in [0.05, 0.1) is 12.2 Å². The van der Waals surface area contributed by atoms with E-state index in [2.05, 4.69) is 52.8 Å². The monoisotopic (exact) mass is 306 g/mol. The fourth-order valence-electron chi connectivity index (χ4n) is 2.69. The van der Waals surface area contributed by atoms with Gasteiger partial charge in [-0.25, -0.2) is 0 Å². The van der Waals surface area contributed by atoms with Crippen LogP contribution in [0.25, 0.3) is 0 Å². The first-order valence-electron chi connectivity index (χ1n) is 8.60. The quantitative estimate of drug-likeness (QED) is 0.437. The van der Waals surface area contributed by atoms with Crippen molar-refractivity contribution in [3.8, 4) is 0 Å². The summed E-state index contributed by atoms with van der Waals surface area (Å²) >= 11 is 0. The van der Waals surface area contributed by atoms with Gasteiger partial charge in [0.15, 0.2) is 0 Å². The van der Waals surface area contributed by atoms with Gasteiger partial charge >= 0.3 is 0 Å². The molecule has 1 saturated heterocycles. The molecular formula is C20H34O2. The molecule has 2 nitrogen and oxygen atoms in total. The standard InChI is InChI=1S/C20H34O2/c1-16(2)9-6-10-17(3)11-7-12-18(4)13-8-14-20(5)19(15-21)22-20/h9,11,13,19,21H,6-8,10,12,14-15H2,1-5H3. The Bertz CT molecular complexity index is 427. The summed E-state index contributed by atoms with van der Waals surface area (Å²) in [6.45, 7) is 11.0. The van der Waals surface area contributed by atoms with Gasteiger partial charge in [-0.05, 0) is 73.1 Å². The first-order valence-corrected chi connectivity index (χ1v) is 8.60. The largest absolute Gasteiger partial charge is 0.394 e. The zero-order valence-electron chi connectivity index (χ0n) is 15.1. The number of hydrogen-bond acceptors (Lipinski definition) is 2. The maximum atomic E-state index is 9.06. The molecule has 0 spiro atoms. The molecule has 2 heteroatoms. The fourth-order valence-corrected chi connectivity index (χ4v) is 2.69. The maximum absolute atomic E-state index is 9.06. The highest BCUT2D eigenvalue weighted by Gasteiger charge is 2.50. The van der Waals surface area contributed by atoms with Crippen LogP contribution in [0.4, 0.5) is 0 Å². The Hall–Kier alpha value is -0.860. The van der Waals surface area contributed by atoms with Crippen LogP contribution in [-0.4, -0.2) is 23.4 Å². The summed E-state index contributed by atoms with van der Waals surface area (Å²) in [5.74, 6) is 0. The van der Waals surface area contributed by atoms with Crippen molar-refractivity contribution in [2.24, 2.45) is 0 Å². The van der Waals surface area contributed by atoms with Crippen LogP contribution >= 0.6 is 0 Å². The van der Waals surface area contributed by atoms with Crippen molar-refractivity contribution in [3.63, 3.8) is 0 Å². The van der Waals surface area contributed by atoms with Crippen LogP contribution in [0.3, 0.4) is 0 Å². The smallest absolute Gasteiger partial charge is 0.110 e. The van der Waals surface area contributed by atoms with E-state index in [0.717, 1.165) is 32.1 Å². The van der Waals surface area contributed by atoms with E-state index in [-0.39, 0.29) is 18.3 Å². The second kappa shape index (κ2) is 9.32. The van der Waals surface area contributed by atoms with Crippen LogP contribution in [-0.2, 0) is 4.74 Å². The molecule has 1 aliphatic rings. The first kappa shape index (κ1) is 19.2. The second-order valence-corrected chi connectivity index (χ2v) is 7.10. The summed E-state index contributed by atoms with van der Waals surface area (Å²) in [6.07, 6.45) is 13.7. The minimum absolute atomic E-state index is 0.0626. The lowest BCUT2D eigenvalue weighted by atomic mass is 10.00. The molecule has 0 amide bonds. The third-order valence-electron chi connectivity index (χ3n) is 4.46. The average molecular weight is 306 g/mol. The molecule has 1 rings (SSSR count). The normalized spacial score (nSPS) is 25.3. The van der Waals surface area contributed by atoms with Crippen LogP contribution < -0.4 is 0 Å². The second-order valence-electron chi connectivity index (χ2n) is 7.10. The Labute approximate surface area is 137 Å². The Morgan fingerprint density at radius 1 is 0.955 bits per heavy atom. The first-order chi connectivity index (χ1) is 10.4. The molecule has 0 saturated carbocycles. The van der Waals surface area contributed by atoms with Crippen molar-refractivity contribution in [1.29, 1.82) is 0 Å². The summed E-state index contributed by atoms with van der Waals surface area (Å²) in [6, 6.07) is 0. The third-order valence-corrected chi connectivity index (χ3v) is 4.46. The van der Waals surface area contributed by atoms with E-state index in [1.165, 1.54) is 23.1 Å². The van der Waals surface area contributed by atoms with Crippen LogP contribution in [0.2, 0.25) is 0 Å². The molecule has 0 aliphatic carbocycles. The fraction of sp³-hybridized carbons (Fsp3) is 0.700. The van der Waals surface area contributed by atoms with Crippen LogP contribution in [0.1, 0.15) is 73.1 Å². The predicted molar refractivity (Wildman–Crippen MR) is 95.0 cm³/mol. The van der Waals surface area contributed by atoms with Crippen molar-refractivity contribution in [1.82, 2.24) is 0 Å². The number of hydrogen-bond donors (Lipinski definition) is 1. The molecule has 2 atom stereocenters. The van der Waals surface area contributed by atoms with Crippen molar-refractivity contribution in [2.45, 2.75) is 84.8 Å². The predicted octanol–water partition coefficient (Wildman–Crippen LogP) is 5.34. The molecule has 1 N–H and O–H groups in total. The summed E-state index contributed by atoms with van der Waals surface area (Å²) < 4.78 is 5.51. The number of epoxide rings is 1. The number of ether oxygens (including phenoxy) is 1. The molecule has 1 heterocycles. The number of aliphatic hydroxyl groups is 1. The van der Waals surface area contributed by atoms with Crippen molar-refractivity contribution < 1.29 is 9.84 Å². The van der Waals surface area contributed by atoms with Crippen LogP contribution in [0.15, 0.2) is 34.9 Å². The van der Waals surface area contributed by atoms with Crippen molar-refractivity contribution in [2.75, 3.05) is 6.61 Å². The maximum Gasteiger partial charge on any atom is 0.110 e. The van der Waals surface area contributed by atoms with Gasteiger partial charge in [-0.2, -0.15) is 0 Å². The van der Waals surface area contributed by atoms with Gasteiger partial charge < -0.3 is 9.84 Å². The molecule has 1 aliphatic heterocycles. The zero-order chi connectivity index (χ0) is 16.6. The van der Waals surface area contributed by atoms with Gasteiger partial charge in [-0.1, -0.05) is 34.9 Å². The Morgan fingerprint density at radius 2 is 1.50 bits per heavy atom. The van der Waals surface area contributed by atoms with E-state index < -0.39 is 0 Å². The molecule has 1 fully saturated rings. The molecule has 0 aromatic heterocycles. The average Bonchev–Trinajstić information content (AvgIpc) is 3.09. The van der Waals surface area contributed by atoms with Gasteiger partial charge in [0.2, 0.25) is 0 Å². The van der Waals surface area contributed by atoms with Gasteiger partial charge in [-0.15, -0.1) is 0 Å². The van der Waals surface area contributed by atoms with Gasteiger partial charge in [0.25, 0.3) is 0 Å². The van der Waals surface area contributed by atoms with E-state index >= 15 is 0 Å². The number of aliphatic hydroxyl groups excluding tert-OH is 1. The van der Waals surface area contributed by atoms with Gasteiger partial charge in [0.1, 0.15) is 6.10 Å².